The van der Waals surface area contributed by atoms with E-state index in [0.717, 1.165) is 21.3 Å². The maximum atomic E-state index is 11.9. The number of aromatic nitrogens is 1. The van der Waals surface area contributed by atoms with Crippen molar-refractivity contribution in [3.8, 4) is 0 Å². The summed E-state index contributed by atoms with van der Waals surface area (Å²) in [6.07, 6.45) is 1.32. The molecule has 0 fully saturated rings. The van der Waals surface area contributed by atoms with E-state index in [1.165, 1.54) is 12.1 Å². The number of anilines is 1. The Morgan fingerprint density at radius 3 is 2.79 bits per heavy atom. The number of halogens is 1. The second kappa shape index (κ2) is 9.44. The SMILES string of the molecule is O=C(COC(=O)CCCc1nc2ccccc2s1)Nc1ccc(Cl)cc1[N+](=O)[O-]. The summed E-state index contributed by atoms with van der Waals surface area (Å²) in [7, 11) is 0. The van der Waals surface area contributed by atoms with Crippen molar-refractivity contribution in [3.05, 3.63) is 62.6 Å². The van der Waals surface area contributed by atoms with Crippen LogP contribution in [0.3, 0.4) is 0 Å². The predicted octanol–water partition coefficient (Wildman–Crippen LogP) is 4.36. The van der Waals surface area contributed by atoms with Gasteiger partial charge in [0.25, 0.3) is 11.6 Å². The fourth-order valence-corrected chi connectivity index (χ4v) is 3.75. The van der Waals surface area contributed by atoms with Gasteiger partial charge in [-0.25, -0.2) is 4.98 Å². The van der Waals surface area contributed by atoms with E-state index in [9.17, 15) is 19.7 Å². The van der Waals surface area contributed by atoms with Crippen LogP contribution in [-0.4, -0.2) is 28.4 Å². The smallest absolute Gasteiger partial charge is 0.306 e. The van der Waals surface area contributed by atoms with Crippen molar-refractivity contribution >= 4 is 56.4 Å². The fraction of sp³-hybridized carbons (Fsp3) is 0.211. The Labute approximate surface area is 174 Å². The van der Waals surface area contributed by atoms with E-state index in [0.29, 0.717) is 12.8 Å². The normalized spacial score (nSPS) is 10.7. The number of amides is 1. The van der Waals surface area contributed by atoms with E-state index in [1.54, 1.807) is 11.3 Å². The van der Waals surface area contributed by atoms with Crippen LogP contribution in [0.15, 0.2) is 42.5 Å². The number of para-hydroxylation sites is 1. The van der Waals surface area contributed by atoms with Gasteiger partial charge in [0.05, 0.1) is 20.1 Å². The fourth-order valence-electron chi connectivity index (χ4n) is 2.58. The lowest BCUT2D eigenvalue weighted by Gasteiger charge is -2.07. The first-order valence-corrected chi connectivity index (χ1v) is 9.85. The van der Waals surface area contributed by atoms with Crippen LogP contribution in [0.25, 0.3) is 10.2 Å². The zero-order chi connectivity index (χ0) is 20.8. The summed E-state index contributed by atoms with van der Waals surface area (Å²) in [6, 6.07) is 11.7. The van der Waals surface area contributed by atoms with Gasteiger partial charge >= 0.3 is 5.97 Å². The van der Waals surface area contributed by atoms with Crippen LogP contribution in [0.4, 0.5) is 11.4 Å². The molecular formula is C19H16ClN3O5S. The Kier molecular flexibility index (Phi) is 6.73. The maximum Gasteiger partial charge on any atom is 0.306 e. The highest BCUT2D eigenvalue weighted by atomic mass is 35.5. The molecule has 8 nitrogen and oxygen atoms in total. The monoisotopic (exact) mass is 433 g/mol. The minimum atomic E-state index is -0.671. The van der Waals surface area contributed by atoms with Gasteiger partial charge in [-0.05, 0) is 37.1 Å². The van der Waals surface area contributed by atoms with Gasteiger partial charge in [-0.15, -0.1) is 11.3 Å². The second-order valence-corrected chi connectivity index (χ2v) is 7.61. The van der Waals surface area contributed by atoms with Gasteiger partial charge < -0.3 is 10.1 Å². The van der Waals surface area contributed by atoms with Gasteiger partial charge in [-0.3, -0.25) is 19.7 Å². The molecule has 0 saturated carbocycles. The van der Waals surface area contributed by atoms with E-state index in [1.807, 2.05) is 24.3 Å². The van der Waals surface area contributed by atoms with Gasteiger partial charge in [-0.1, -0.05) is 23.7 Å². The van der Waals surface area contributed by atoms with Crippen LogP contribution in [0, 0.1) is 10.1 Å². The molecule has 29 heavy (non-hydrogen) atoms. The minimum Gasteiger partial charge on any atom is -0.456 e. The number of nitrogens with one attached hydrogen (secondary N) is 1. The van der Waals surface area contributed by atoms with Crippen LogP contribution in [0.2, 0.25) is 5.02 Å². The third-order valence-corrected chi connectivity index (χ3v) is 5.24. The molecule has 0 aliphatic heterocycles. The van der Waals surface area contributed by atoms with Crippen molar-refractivity contribution in [1.29, 1.82) is 0 Å². The number of fused-ring (bicyclic) bond motifs is 1. The Bertz CT molecular complexity index is 1040. The average molecular weight is 434 g/mol. The number of rotatable bonds is 8. The molecule has 1 N–H and O–H groups in total. The van der Waals surface area contributed by atoms with Gasteiger partial charge in [0, 0.05) is 17.5 Å². The number of nitro benzene ring substituents is 1. The van der Waals surface area contributed by atoms with Gasteiger partial charge in [0.2, 0.25) is 0 Å². The van der Waals surface area contributed by atoms with Crippen molar-refractivity contribution in [2.45, 2.75) is 19.3 Å². The largest absolute Gasteiger partial charge is 0.456 e. The number of esters is 1. The Balaban J connectivity index is 1.43. The Morgan fingerprint density at radius 1 is 1.24 bits per heavy atom. The molecule has 1 heterocycles. The molecule has 10 heteroatoms. The predicted molar refractivity (Wildman–Crippen MR) is 110 cm³/mol. The topological polar surface area (TPSA) is 111 Å². The number of nitrogens with zero attached hydrogens (tertiary/aromatic N) is 2. The summed E-state index contributed by atoms with van der Waals surface area (Å²) in [4.78, 5) is 38.6. The van der Waals surface area contributed by atoms with E-state index >= 15 is 0 Å². The van der Waals surface area contributed by atoms with Crippen molar-refractivity contribution in [3.63, 3.8) is 0 Å². The van der Waals surface area contributed by atoms with Gasteiger partial charge in [0.15, 0.2) is 6.61 Å². The molecule has 1 amide bonds. The summed E-state index contributed by atoms with van der Waals surface area (Å²) in [5.41, 5.74) is 0.576. The Hall–Kier alpha value is -3.04. The molecule has 2 aromatic carbocycles. The van der Waals surface area contributed by atoms with Gasteiger partial charge in [-0.2, -0.15) is 0 Å². The maximum absolute atomic E-state index is 11.9. The van der Waals surface area contributed by atoms with Crippen molar-refractivity contribution < 1.29 is 19.2 Å². The van der Waals surface area contributed by atoms with Crippen LogP contribution < -0.4 is 5.32 Å². The van der Waals surface area contributed by atoms with Crippen LogP contribution in [-0.2, 0) is 20.7 Å². The lowest BCUT2D eigenvalue weighted by molar-refractivity contribution is -0.383. The van der Waals surface area contributed by atoms with E-state index in [4.69, 9.17) is 16.3 Å². The quantitative estimate of drug-likeness (QED) is 0.321. The van der Waals surface area contributed by atoms with E-state index < -0.39 is 23.4 Å². The molecule has 0 bridgehead atoms. The zero-order valence-electron chi connectivity index (χ0n) is 15.1. The molecule has 0 atom stereocenters. The molecule has 0 aliphatic rings. The first-order valence-electron chi connectivity index (χ1n) is 8.66. The molecule has 1 aromatic heterocycles. The molecule has 0 radical (unpaired) electrons. The van der Waals surface area contributed by atoms with Crippen LogP contribution in [0.1, 0.15) is 17.8 Å². The summed E-state index contributed by atoms with van der Waals surface area (Å²) in [5, 5.41) is 14.5. The number of thiazole rings is 1. The number of ether oxygens (including phenoxy) is 1. The number of carbonyl (C=O) groups is 2. The molecule has 0 saturated heterocycles. The van der Waals surface area contributed by atoms with E-state index in [-0.39, 0.29) is 22.8 Å². The van der Waals surface area contributed by atoms with Gasteiger partial charge in [0.1, 0.15) is 5.69 Å². The molecule has 3 aromatic rings. The molecule has 0 unspecified atom stereocenters. The third kappa shape index (κ3) is 5.72. The lowest BCUT2D eigenvalue weighted by atomic mass is 10.2. The highest BCUT2D eigenvalue weighted by Crippen LogP contribution is 2.27. The average Bonchev–Trinajstić information content (AvgIpc) is 3.10. The minimum absolute atomic E-state index is 0.0173. The molecule has 0 aliphatic carbocycles. The number of carbonyl (C=O) groups excluding carboxylic acids is 2. The lowest BCUT2D eigenvalue weighted by Crippen LogP contribution is -2.21. The highest BCUT2D eigenvalue weighted by molar-refractivity contribution is 7.18. The first-order chi connectivity index (χ1) is 13.9. The molecule has 0 spiro atoms. The van der Waals surface area contributed by atoms with Crippen LogP contribution >= 0.6 is 22.9 Å². The summed E-state index contributed by atoms with van der Waals surface area (Å²) in [5.74, 6) is -1.19. The molecule has 150 valence electrons. The highest BCUT2D eigenvalue weighted by Gasteiger charge is 2.17. The Morgan fingerprint density at radius 2 is 2.03 bits per heavy atom. The first kappa shape index (κ1) is 20.7. The summed E-state index contributed by atoms with van der Waals surface area (Å²) < 4.78 is 6.03. The number of benzene rings is 2. The molecule has 3 rings (SSSR count). The van der Waals surface area contributed by atoms with Crippen molar-refractivity contribution in [2.75, 3.05) is 11.9 Å². The molecular weight excluding hydrogens is 418 g/mol. The van der Waals surface area contributed by atoms with Crippen molar-refractivity contribution in [2.24, 2.45) is 0 Å². The van der Waals surface area contributed by atoms with Crippen molar-refractivity contribution in [1.82, 2.24) is 4.98 Å². The number of aryl methyl sites for hydroxylation is 1. The summed E-state index contributed by atoms with van der Waals surface area (Å²) in [6.45, 7) is -0.528. The third-order valence-electron chi connectivity index (χ3n) is 3.90. The number of hydrogen-bond acceptors (Lipinski definition) is 7. The van der Waals surface area contributed by atoms with Crippen LogP contribution in [0.5, 0.6) is 0 Å². The standard InChI is InChI=1S/C19H16ClN3O5S/c20-12-8-9-13(15(10-12)23(26)27)21-17(24)11-28-19(25)7-3-6-18-22-14-4-1-2-5-16(14)29-18/h1-2,4-5,8-10H,3,6-7,11H2,(H,21,24). The number of nitro groups is 1. The second-order valence-electron chi connectivity index (χ2n) is 6.06. The number of hydrogen-bond donors (Lipinski definition) is 1. The summed E-state index contributed by atoms with van der Waals surface area (Å²) >= 11 is 7.31. The zero-order valence-corrected chi connectivity index (χ0v) is 16.7. The van der Waals surface area contributed by atoms with E-state index in [2.05, 4.69) is 10.3 Å².